The van der Waals surface area contributed by atoms with Crippen LogP contribution in [0.1, 0.15) is 24.9 Å². The number of methoxy groups -OCH3 is 1. The average Bonchev–Trinajstić information content (AvgIpc) is 2.36. The van der Waals surface area contributed by atoms with Crippen molar-refractivity contribution < 1.29 is 18.2 Å². The van der Waals surface area contributed by atoms with Gasteiger partial charge in [0.1, 0.15) is 0 Å². The zero-order valence-electron chi connectivity index (χ0n) is 10.6. The van der Waals surface area contributed by atoms with Crippen LogP contribution in [0, 0.1) is 0 Å². The monoisotopic (exact) mass is 273 g/mol. The second kappa shape index (κ2) is 7.35. The summed E-state index contributed by atoms with van der Waals surface area (Å²) in [5.74, 6) is 1.45. The Balaban J connectivity index is 2.82. The van der Waals surface area contributed by atoms with Gasteiger partial charge in [0, 0.05) is 6.04 Å². The highest BCUT2D eigenvalue weighted by Gasteiger charge is 2.11. The number of nitrogens with two attached hydrogens (primary N) is 1. The molecule has 2 unspecified atom stereocenters. The van der Waals surface area contributed by atoms with Gasteiger partial charge < -0.3 is 19.8 Å². The number of hydrogen-bond acceptors (Lipinski definition) is 4. The van der Waals surface area contributed by atoms with Crippen LogP contribution in [0.2, 0.25) is 0 Å². The van der Waals surface area contributed by atoms with E-state index >= 15 is 0 Å². The second-order valence-corrected chi connectivity index (χ2v) is 4.82. The standard InChI is InChI=1S/C12H19NO4S/c1-3-17-12-8-9(4-5-11(12)16-2)10(13)6-7-18(14)15/h4-5,8,10H,3,6-7,13H2,1-2H3,(H,14,15). The first-order valence-corrected chi connectivity index (χ1v) is 6.99. The molecule has 1 aromatic rings. The molecule has 0 bridgehead atoms. The van der Waals surface area contributed by atoms with E-state index in [1.165, 1.54) is 0 Å². The Morgan fingerprint density at radius 2 is 2.17 bits per heavy atom. The van der Waals surface area contributed by atoms with E-state index < -0.39 is 11.1 Å². The number of rotatable bonds is 7. The van der Waals surface area contributed by atoms with Gasteiger partial charge in [0.15, 0.2) is 22.6 Å². The highest BCUT2D eigenvalue weighted by atomic mass is 32.2. The van der Waals surface area contributed by atoms with Gasteiger partial charge in [-0.1, -0.05) is 6.07 Å². The Morgan fingerprint density at radius 1 is 1.44 bits per heavy atom. The van der Waals surface area contributed by atoms with Crippen LogP contribution in [0.15, 0.2) is 18.2 Å². The molecule has 6 heteroatoms. The lowest BCUT2D eigenvalue weighted by Gasteiger charge is -2.15. The third-order valence-electron chi connectivity index (χ3n) is 2.52. The van der Waals surface area contributed by atoms with Gasteiger partial charge in [-0.15, -0.1) is 0 Å². The highest BCUT2D eigenvalue weighted by Crippen LogP contribution is 2.30. The van der Waals surface area contributed by atoms with Gasteiger partial charge in [0.25, 0.3) is 0 Å². The molecule has 0 aliphatic carbocycles. The molecule has 18 heavy (non-hydrogen) atoms. The van der Waals surface area contributed by atoms with Gasteiger partial charge in [0.05, 0.1) is 19.5 Å². The number of ether oxygens (including phenoxy) is 2. The fourth-order valence-corrected chi connectivity index (χ4v) is 2.04. The summed E-state index contributed by atoms with van der Waals surface area (Å²) in [5.41, 5.74) is 6.82. The van der Waals surface area contributed by atoms with E-state index in [0.717, 1.165) is 5.56 Å². The zero-order valence-corrected chi connectivity index (χ0v) is 11.4. The van der Waals surface area contributed by atoms with Crippen LogP contribution < -0.4 is 15.2 Å². The maximum absolute atomic E-state index is 10.6. The summed E-state index contributed by atoms with van der Waals surface area (Å²) in [5, 5.41) is 0. The molecule has 0 fully saturated rings. The van der Waals surface area contributed by atoms with E-state index in [2.05, 4.69) is 0 Å². The minimum atomic E-state index is -1.81. The van der Waals surface area contributed by atoms with Gasteiger partial charge in [-0.2, -0.15) is 0 Å². The molecule has 0 saturated carbocycles. The van der Waals surface area contributed by atoms with Crippen LogP contribution in [0.3, 0.4) is 0 Å². The van der Waals surface area contributed by atoms with Gasteiger partial charge in [-0.3, -0.25) is 0 Å². The van der Waals surface area contributed by atoms with Gasteiger partial charge in [-0.25, -0.2) is 4.21 Å². The van der Waals surface area contributed by atoms with Crippen molar-refractivity contribution in [3.63, 3.8) is 0 Å². The lowest BCUT2D eigenvalue weighted by atomic mass is 10.0. The largest absolute Gasteiger partial charge is 0.493 e. The molecule has 1 rings (SSSR count). The summed E-state index contributed by atoms with van der Waals surface area (Å²) >= 11 is -1.81. The Kier molecular flexibility index (Phi) is 6.11. The van der Waals surface area contributed by atoms with E-state index in [9.17, 15) is 4.21 Å². The third-order valence-corrected chi connectivity index (χ3v) is 3.10. The Bertz CT molecular complexity index is 411. The van der Waals surface area contributed by atoms with Crippen molar-refractivity contribution in [2.75, 3.05) is 19.5 Å². The highest BCUT2D eigenvalue weighted by molar-refractivity contribution is 7.79. The summed E-state index contributed by atoms with van der Waals surface area (Å²) in [6, 6.07) is 5.15. The molecule has 0 aromatic heterocycles. The predicted octanol–water partition coefficient (Wildman–Crippen LogP) is 1.71. The summed E-state index contributed by atoms with van der Waals surface area (Å²) < 4.78 is 30.0. The van der Waals surface area contributed by atoms with Gasteiger partial charge in [-0.05, 0) is 31.0 Å². The normalized spacial score (nSPS) is 14.0. The van der Waals surface area contributed by atoms with Crippen molar-refractivity contribution in [1.29, 1.82) is 0 Å². The van der Waals surface area contributed by atoms with Crippen LogP contribution >= 0.6 is 0 Å². The van der Waals surface area contributed by atoms with E-state index in [-0.39, 0.29) is 11.8 Å². The van der Waals surface area contributed by atoms with E-state index in [0.29, 0.717) is 24.5 Å². The Labute approximate surface area is 110 Å². The first-order valence-electron chi connectivity index (χ1n) is 5.72. The Hall–Kier alpha value is -1.11. The van der Waals surface area contributed by atoms with Crippen molar-refractivity contribution >= 4 is 11.1 Å². The lowest BCUT2D eigenvalue weighted by molar-refractivity contribution is 0.310. The molecule has 0 spiro atoms. The minimum absolute atomic E-state index is 0.164. The molecule has 0 aliphatic heterocycles. The van der Waals surface area contributed by atoms with Crippen molar-refractivity contribution in [1.82, 2.24) is 0 Å². The van der Waals surface area contributed by atoms with E-state index in [4.69, 9.17) is 19.8 Å². The van der Waals surface area contributed by atoms with Crippen LogP contribution in [0.5, 0.6) is 11.5 Å². The molecule has 1 aromatic carbocycles. The number of benzene rings is 1. The summed E-state index contributed by atoms with van der Waals surface area (Å²) in [4.78, 5) is 0. The second-order valence-electron chi connectivity index (χ2n) is 3.76. The first kappa shape index (κ1) is 14.9. The third kappa shape index (κ3) is 4.29. The Morgan fingerprint density at radius 3 is 2.72 bits per heavy atom. The van der Waals surface area contributed by atoms with Crippen LogP contribution in [0.25, 0.3) is 0 Å². The van der Waals surface area contributed by atoms with Crippen molar-refractivity contribution in [2.45, 2.75) is 19.4 Å². The van der Waals surface area contributed by atoms with Crippen molar-refractivity contribution in [3.05, 3.63) is 23.8 Å². The maximum Gasteiger partial charge on any atom is 0.161 e. The molecule has 2 atom stereocenters. The molecular weight excluding hydrogens is 254 g/mol. The van der Waals surface area contributed by atoms with E-state index in [1.807, 2.05) is 19.1 Å². The topological polar surface area (TPSA) is 81.8 Å². The molecule has 5 nitrogen and oxygen atoms in total. The predicted molar refractivity (Wildman–Crippen MR) is 71.3 cm³/mol. The molecule has 102 valence electrons. The lowest BCUT2D eigenvalue weighted by Crippen LogP contribution is -2.14. The summed E-state index contributed by atoms with van der Waals surface area (Å²) in [6.45, 7) is 2.43. The summed E-state index contributed by atoms with van der Waals surface area (Å²) in [7, 11) is 1.58. The van der Waals surface area contributed by atoms with Gasteiger partial charge >= 0.3 is 0 Å². The molecule has 0 radical (unpaired) electrons. The smallest absolute Gasteiger partial charge is 0.161 e. The van der Waals surface area contributed by atoms with Crippen molar-refractivity contribution in [3.8, 4) is 11.5 Å². The van der Waals surface area contributed by atoms with Gasteiger partial charge in [0.2, 0.25) is 0 Å². The molecular formula is C12H19NO4S. The van der Waals surface area contributed by atoms with E-state index in [1.54, 1.807) is 13.2 Å². The number of hydrogen-bond donors (Lipinski definition) is 2. The van der Waals surface area contributed by atoms with Crippen LogP contribution in [0.4, 0.5) is 0 Å². The molecule has 0 amide bonds. The molecule has 0 saturated heterocycles. The maximum atomic E-state index is 10.6. The molecule has 0 aliphatic rings. The quantitative estimate of drug-likeness (QED) is 0.739. The average molecular weight is 273 g/mol. The fourth-order valence-electron chi connectivity index (χ4n) is 1.59. The van der Waals surface area contributed by atoms with Crippen LogP contribution in [-0.4, -0.2) is 28.2 Å². The molecule has 0 heterocycles. The SMILES string of the molecule is CCOc1cc(C(N)CCS(=O)O)ccc1OC. The summed E-state index contributed by atoms with van der Waals surface area (Å²) in [6.07, 6.45) is 0.445. The van der Waals surface area contributed by atoms with Crippen LogP contribution in [-0.2, 0) is 11.1 Å². The molecule has 3 N–H and O–H groups in total. The first-order chi connectivity index (χ1) is 8.58. The zero-order chi connectivity index (χ0) is 13.5. The van der Waals surface area contributed by atoms with Crippen molar-refractivity contribution in [2.24, 2.45) is 5.73 Å². The fraction of sp³-hybridized carbons (Fsp3) is 0.500. The minimum Gasteiger partial charge on any atom is -0.493 e.